The molecular formula is C22H28N2O3Si2. The van der Waals surface area contributed by atoms with Crippen LogP contribution in [0.3, 0.4) is 0 Å². The summed E-state index contributed by atoms with van der Waals surface area (Å²) in [6.07, 6.45) is 0.950. The summed E-state index contributed by atoms with van der Waals surface area (Å²) in [5, 5.41) is 10.5. The predicted molar refractivity (Wildman–Crippen MR) is 127 cm³/mol. The van der Waals surface area contributed by atoms with Crippen LogP contribution in [0.15, 0.2) is 47.4 Å². The van der Waals surface area contributed by atoms with E-state index in [1.807, 2.05) is 5.32 Å². The molecule has 5 nitrogen and oxygen atoms in total. The number of hydrogen-bond donors (Lipinski definition) is 3. The van der Waals surface area contributed by atoms with E-state index in [0.717, 1.165) is 6.20 Å². The number of para-hydroxylation sites is 1. The highest BCUT2D eigenvalue weighted by atomic mass is 28.3. The van der Waals surface area contributed by atoms with Gasteiger partial charge in [-0.1, -0.05) is 57.1 Å². The van der Waals surface area contributed by atoms with Gasteiger partial charge in [-0.2, -0.15) is 0 Å². The third-order valence-electron chi connectivity index (χ3n) is 4.23. The number of carbonyl (C=O) groups is 1. The van der Waals surface area contributed by atoms with Crippen LogP contribution >= 0.6 is 0 Å². The number of aromatic hydroxyl groups is 1. The molecule has 2 aromatic carbocycles. The number of aromatic nitrogens is 1. The van der Waals surface area contributed by atoms with E-state index < -0.39 is 93.7 Å². The van der Waals surface area contributed by atoms with Crippen LogP contribution in [0.4, 0.5) is 5.69 Å². The zero-order valence-electron chi connectivity index (χ0n) is 32.8. The highest BCUT2D eigenvalue weighted by Gasteiger charge is 2.28. The van der Waals surface area contributed by atoms with Gasteiger partial charge in [-0.3, -0.25) is 9.59 Å². The van der Waals surface area contributed by atoms with E-state index in [9.17, 15) is 14.7 Å². The van der Waals surface area contributed by atoms with Crippen molar-refractivity contribution in [3.8, 4) is 5.75 Å². The highest BCUT2D eigenvalue weighted by molar-refractivity contribution is 6.92. The minimum Gasteiger partial charge on any atom is -0.508 e. The van der Waals surface area contributed by atoms with Crippen LogP contribution in [0.5, 0.6) is 5.75 Å². The summed E-state index contributed by atoms with van der Waals surface area (Å²) in [4.78, 5) is 29.3. The molecule has 0 spiro atoms. The molecule has 0 saturated carbocycles. The quantitative estimate of drug-likeness (QED) is 0.540. The molecule has 0 saturated heterocycles. The Balaban J connectivity index is 2.62. The van der Waals surface area contributed by atoms with Crippen LogP contribution in [0.1, 0.15) is 35.0 Å². The first kappa shape index (κ1) is 7.88. The number of nitrogens with one attached hydrogen (secondary N) is 2. The minimum absolute atomic E-state index is 0.0126. The van der Waals surface area contributed by atoms with Crippen LogP contribution in [-0.2, 0) is 0 Å². The first-order valence-corrected chi connectivity index (χ1v) is 12.2. The van der Waals surface area contributed by atoms with Gasteiger partial charge in [0.15, 0.2) is 0 Å². The SMILES string of the molecule is [2H]C([2H])([2H])[Si](c1cc([Si](C([2H])([2H])[2H])(C([2H])([2H])[2H])C([2H])([2H])[2H])c(NC(=O)c2c[nH]c3ccccc3c2=O)cc1O)(C([2H])([2H])[2H])C([2H])([2H])[2H]. The van der Waals surface area contributed by atoms with Crippen LogP contribution in [0.25, 0.3) is 10.9 Å². The number of anilines is 1. The molecule has 0 unspecified atom stereocenters. The number of fused-ring (bicyclic) bond motifs is 1. The van der Waals surface area contributed by atoms with Gasteiger partial charge in [-0.05, 0) is 22.5 Å². The van der Waals surface area contributed by atoms with E-state index >= 15 is 0 Å². The van der Waals surface area contributed by atoms with Gasteiger partial charge in [0, 0.05) is 53.5 Å². The lowest BCUT2D eigenvalue weighted by atomic mass is 10.1. The summed E-state index contributed by atoms with van der Waals surface area (Å²) in [7, 11) is -12.5. The van der Waals surface area contributed by atoms with E-state index in [0.29, 0.717) is 11.6 Å². The maximum Gasteiger partial charge on any atom is 0.261 e. The van der Waals surface area contributed by atoms with Crippen molar-refractivity contribution >= 4 is 49.0 Å². The van der Waals surface area contributed by atoms with Gasteiger partial charge in [0.05, 0.1) is 16.1 Å². The number of hydrogen-bond acceptors (Lipinski definition) is 3. The fourth-order valence-corrected chi connectivity index (χ4v) is 4.69. The number of aromatic amines is 1. The van der Waals surface area contributed by atoms with Crippen LogP contribution in [-0.4, -0.2) is 32.1 Å². The zero-order chi connectivity index (χ0) is 36.6. The molecule has 3 rings (SSSR count). The number of amides is 1. The molecule has 0 aliphatic carbocycles. The molecular weight excluding hydrogens is 396 g/mol. The van der Waals surface area contributed by atoms with Gasteiger partial charge in [-0.15, -0.1) is 0 Å². The number of rotatable bonds is 4. The molecule has 152 valence electrons. The molecule has 7 heteroatoms. The molecule has 0 atom stereocenters. The number of phenols is 1. The molecule has 0 radical (unpaired) electrons. The Labute approximate surface area is 198 Å². The van der Waals surface area contributed by atoms with Crippen molar-refractivity contribution < 1.29 is 34.6 Å². The third kappa shape index (κ3) is 4.20. The monoisotopic (exact) mass is 442 g/mol. The largest absolute Gasteiger partial charge is 0.508 e. The smallest absolute Gasteiger partial charge is 0.261 e. The molecule has 1 heterocycles. The first-order chi connectivity index (χ1) is 20.9. The van der Waals surface area contributed by atoms with Crippen molar-refractivity contribution in [2.45, 2.75) is 38.9 Å². The van der Waals surface area contributed by atoms with Crippen molar-refractivity contribution in [2.24, 2.45) is 0 Å². The van der Waals surface area contributed by atoms with Gasteiger partial charge >= 0.3 is 0 Å². The Morgan fingerprint density at radius 1 is 1.03 bits per heavy atom. The molecule has 0 fully saturated rings. The Morgan fingerprint density at radius 2 is 1.69 bits per heavy atom. The van der Waals surface area contributed by atoms with Gasteiger partial charge in [0.1, 0.15) is 11.3 Å². The fourth-order valence-electron chi connectivity index (χ4n) is 2.83. The lowest BCUT2D eigenvalue weighted by molar-refractivity contribution is 0.102. The summed E-state index contributed by atoms with van der Waals surface area (Å²) < 4.78 is 147. The van der Waals surface area contributed by atoms with Gasteiger partial charge in [0.25, 0.3) is 5.91 Å². The minimum atomic E-state index is -6.30. The molecule has 3 aromatic rings. The second kappa shape index (κ2) is 7.31. The Morgan fingerprint density at radius 3 is 2.38 bits per heavy atom. The van der Waals surface area contributed by atoms with Crippen molar-refractivity contribution in [1.82, 2.24) is 4.98 Å². The first-order valence-electron chi connectivity index (χ1n) is 17.2. The molecule has 0 aliphatic rings. The molecule has 0 bridgehead atoms. The van der Waals surface area contributed by atoms with Crippen molar-refractivity contribution in [3.63, 3.8) is 0 Å². The topological polar surface area (TPSA) is 82.2 Å². The fraction of sp³-hybridized carbons (Fsp3) is 0.273. The summed E-state index contributed by atoms with van der Waals surface area (Å²) in [6.45, 7) is -23.6. The van der Waals surface area contributed by atoms with Crippen LogP contribution in [0.2, 0.25) is 38.9 Å². The van der Waals surface area contributed by atoms with Crippen molar-refractivity contribution in [3.05, 3.63) is 58.4 Å². The molecule has 1 aromatic heterocycles. The standard InChI is InChI=1S/C22H28N2O3Si2/c1-28(2,3)19-12-20(29(4,5)6)18(25)11-17(19)24-22(27)15-13-23-16-10-8-7-9-14(16)21(15)26/h7-13,25H,1-6H3,(H,23,26)(H,24,27)/i1D3,2D3,3D3,4D3,5D3,6D3. The average molecular weight is 443 g/mol. The van der Waals surface area contributed by atoms with Crippen LogP contribution < -0.4 is 21.1 Å². The zero-order valence-corrected chi connectivity index (χ0v) is 16.8. The molecule has 29 heavy (non-hydrogen) atoms. The second-order valence-corrected chi connectivity index (χ2v) is 10.5. The highest BCUT2D eigenvalue weighted by Crippen LogP contribution is 2.21. The van der Waals surface area contributed by atoms with E-state index in [-0.39, 0.29) is 11.5 Å². The Kier molecular flexibility index (Phi) is 1.99. The lowest BCUT2D eigenvalue weighted by Crippen LogP contribution is -2.46. The Hall–Kier alpha value is -2.65. The predicted octanol–water partition coefficient (Wildman–Crippen LogP) is 3.58. The van der Waals surface area contributed by atoms with Gasteiger partial charge < -0.3 is 15.4 Å². The summed E-state index contributed by atoms with van der Waals surface area (Å²) in [6, 6.07) is 6.44. The van der Waals surface area contributed by atoms with Crippen molar-refractivity contribution in [2.75, 3.05) is 5.32 Å². The van der Waals surface area contributed by atoms with E-state index in [1.54, 1.807) is 6.07 Å². The summed E-state index contributed by atoms with van der Waals surface area (Å²) >= 11 is 0. The maximum absolute atomic E-state index is 13.5. The number of benzene rings is 2. The van der Waals surface area contributed by atoms with E-state index in [2.05, 4.69) is 4.98 Å². The second-order valence-electron chi connectivity index (χ2n) is 6.45. The van der Waals surface area contributed by atoms with E-state index in [1.165, 1.54) is 18.2 Å². The summed E-state index contributed by atoms with van der Waals surface area (Å²) in [5.41, 5.74) is -2.23. The maximum atomic E-state index is 13.5. The van der Waals surface area contributed by atoms with Gasteiger partial charge in [-0.25, -0.2) is 0 Å². The normalized spacial score (nSPS) is 24.0. The molecule has 1 amide bonds. The van der Waals surface area contributed by atoms with Gasteiger partial charge in [0.2, 0.25) is 5.43 Å². The third-order valence-corrected chi connectivity index (χ3v) is 6.66. The number of phenolic OH excluding ortho intramolecular Hbond substituents is 1. The average Bonchev–Trinajstić information content (AvgIpc) is 2.82. The molecule has 0 aliphatic heterocycles. The summed E-state index contributed by atoms with van der Waals surface area (Å²) in [5.74, 6) is -2.77. The lowest BCUT2D eigenvalue weighted by Gasteiger charge is -2.26. The molecule has 3 N–H and O–H groups in total. The van der Waals surface area contributed by atoms with E-state index in [4.69, 9.17) is 24.7 Å². The Bertz CT molecular complexity index is 1680. The number of pyridine rings is 1. The van der Waals surface area contributed by atoms with Crippen LogP contribution in [0, 0.1) is 0 Å². The number of carbonyl (C=O) groups excluding carboxylic acids is 1. The van der Waals surface area contributed by atoms with Crippen molar-refractivity contribution in [1.29, 1.82) is 0 Å². The number of H-pyrrole nitrogens is 1.